The lowest BCUT2D eigenvalue weighted by Crippen LogP contribution is -2.67. The van der Waals surface area contributed by atoms with Gasteiger partial charge in [-0.25, -0.2) is 13.6 Å². The number of allylic oxidation sites excluding steroid dienone is 1. The second kappa shape index (κ2) is 12.3. The highest BCUT2D eigenvalue weighted by Crippen LogP contribution is 2.76. The number of aliphatic carboxylic acids is 1. The van der Waals surface area contributed by atoms with Gasteiger partial charge in [-0.15, -0.1) is 0 Å². The fraction of sp³-hybridized carbons (Fsp3) is 0.854. The standard InChI is InChI=1S/C41H62F2N2O6/c1-24(2)31-26(46)22-40(44-34(50)45-20-18-41(42,43)19-21-45)17-16-38(8)25(32(31)40)10-11-28-37(7)14-13-29(51-30(47)23-35(3,4)33(48)49)36(5,6)27(37)12-15-39(28,38)9/h24-25,27-29H,10-23H2,1-9H3,(H,44,50)(H,48,49)/t25-,27+,28-,29+,37+,38-,39-,40-/m1/s1. The van der Waals surface area contributed by atoms with Crippen molar-refractivity contribution in [3.8, 4) is 0 Å². The Hall–Kier alpha value is -2.52. The van der Waals surface area contributed by atoms with Gasteiger partial charge in [0.05, 0.1) is 17.4 Å². The van der Waals surface area contributed by atoms with Crippen LogP contribution in [0.3, 0.4) is 0 Å². The molecule has 0 radical (unpaired) electrons. The summed E-state index contributed by atoms with van der Waals surface area (Å²) in [4.78, 5) is 53.9. The summed E-state index contributed by atoms with van der Waals surface area (Å²) in [6.45, 7) is 19.2. The molecule has 6 aliphatic rings. The minimum Gasteiger partial charge on any atom is -0.481 e. The van der Waals surface area contributed by atoms with Crippen molar-refractivity contribution >= 4 is 23.8 Å². The number of likely N-dealkylation sites (tertiary alicyclic amines) is 1. The number of nitrogens with one attached hydrogen (secondary N) is 1. The molecule has 4 saturated carbocycles. The van der Waals surface area contributed by atoms with Crippen LogP contribution in [0.2, 0.25) is 0 Å². The Bertz CT molecular complexity index is 1510. The fourth-order valence-electron chi connectivity index (χ4n) is 12.9. The quantitative estimate of drug-likeness (QED) is 0.267. The van der Waals surface area contributed by atoms with Crippen LogP contribution in [0.15, 0.2) is 11.1 Å². The van der Waals surface area contributed by atoms with Gasteiger partial charge in [-0.3, -0.25) is 14.4 Å². The number of ketones is 1. The van der Waals surface area contributed by atoms with Crippen molar-refractivity contribution in [3.05, 3.63) is 11.1 Å². The number of esters is 1. The molecule has 0 spiro atoms. The fourth-order valence-corrected chi connectivity index (χ4v) is 12.9. The van der Waals surface area contributed by atoms with E-state index in [4.69, 9.17) is 4.74 Å². The van der Waals surface area contributed by atoms with E-state index in [1.54, 1.807) is 13.8 Å². The molecule has 6 rings (SSSR count). The summed E-state index contributed by atoms with van der Waals surface area (Å²) in [5.74, 6) is -3.22. The van der Waals surface area contributed by atoms with Gasteiger partial charge in [-0.1, -0.05) is 48.5 Å². The lowest BCUT2D eigenvalue weighted by atomic mass is 9.33. The summed E-state index contributed by atoms with van der Waals surface area (Å²) in [5.41, 5.74) is -0.388. The third-order valence-electron chi connectivity index (χ3n) is 15.9. The molecule has 0 aromatic carbocycles. The molecule has 1 saturated heterocycles. The molecular weight excluding hydrogens is 654 g/mol. The Labute approximate surface area is 303 Å². The highest BCUT2D eigenvalue weighted by molar-refractivity contribution is 6.02. The highest BCUT2D eigenvalue weighted by atomic mass is 19.3. The molecule has 0 aromatic heterocycles. The number of amides is 2. The van der Waals surface area contributed by atoms with E-state index in [0.29, 0.717) is 18.3 Å². The molecule has 10 heteroatoms. The number of hydrogen-bond acceptors (Lipinski definition) is 5. The molecule has 8 atom stereocenters. The van der Waals surface area contributed by atoms with Gasteiger partial charge in [0, 0.05) is 37.8 Å². The number of carbonyl (C=O) groups is 4. The number of urea groups is 1. The van der Waals surface area contributed by atoms with Crippen LogP contribution in [0.25, 0.3) is 0 Å². The summed E-state index contributed by atoms with van der Waals surface area (Å²) in [5, 5.41) is 12.9. The second-order valence-corrected chi connectivity index (χ2v) is 19.8. The average Bonchev–Trinajstić information content (AvgIpc) is 3.30. The van der Waals surface area contributed by atoms with Crippen LogP contribution in [-0.2, 0) is 19.1 Å². The van der Waals surface area contributed by atoms with Crippen LogP contribution >= 0.6 is 0 Å². The minimum absolute atomic E-state index is 0.00749. The maximum absolute atomic E-state index is 14.0. The SMILES string of the molecule is CC(C)C1=C2[C@H]3CC[C@@H]4[C@@]5(C)CC[C@H](OC(=O)CC(C)(C)C(=O)O)C(C)(C)[C@@H]5CC[C@@]4(C)[C@]3(C)CC[C@@]2(NC(=O)N2CCC(F)(F)CC2)CC1=O. The van der Waals surface area contributed by atoms with Crippen LogP contribution < -0.4 is 5.32 Å². The number of rotatable bonds is 6. The molecule has 0 unspecified atom stereocenters. The van der Waals surface area contributed by atoms with Crippen molar-refractivity contribution < 1.29 is 37.8 Å². The Morgan fingerprint density at radius 2 is 1.55 bits per heavy atom. The zero-order valence-corrected chi connectivity index (χ0v) is 32.5. The van der Waals surface area contributed by atoms with Crippen LogP contribution in [0.1, 0.15) is 139 Å². The number of carbonyl (C=O) groups excluding carboxylic acids is 3. The molecule has 0 aromatic rings. The third kappa shape index (κ3) is 5.86. The summed E-state index contributed by atoms with van der Waals surface area (Å²) in [6.07, 6.45) is 6.25. The van der Waals surface area contributed by atoms with Crippen LogP contribution in [0.5, 0.6) is 0 Å². The Balaban J connectivity index is 1.27. The van der Waals surface area contributed by atoms with Crippen molar-refractivity contribution in [3.63, 3.8) is 0 Å². The van der Waals surface area contributed by atoms with E-state index in [-0.39, 0.29) is 90.2 Å². The normalized spacial score (nSPS) is 40.2. The zero-order chi connectivity index (χ0) is 37.7. The van der Waals surface area contributed by atoms with Gasteiger partial charge in [0.15, 0.2) is 5.78 Å². The Morgan fingerprint density at radius 3 is 2.16 bits per heavy atom. The van der Waals surface area contributed by atoms with Gasteiger partial charge in [-0.05, 0) is 116 Å². The largest absolute Gasteiger partial charge is 0.481 e. The lowest BCUT2D eigenvalue weighted by molar-refractivity contribution is -0.232. The number of nitrogens with zero attached hydrogens (tertiary/aromatic N) is 1. The summed E-state index contributed by atoms with van der Waals surface area (Å²) < 4.78 is 34.1. The Morgan fingerprint density at radius 1 is 0.902 bits per heavy atom. The van der Waals surface area contributed by atoms with E-state index >= 15 is 0 Å². The number of halogens is 2. The first-order valence-corrected chi connectivity index (χ1v) is 19.6. The van der Waals surface area contributed by atoms with Gasteiger partial charge in [0.1, 0.15) is 6.10 Å². The van der Waals surface area contributed by atoms with Gasteiger partial charge >= 0.3 is 18.0 Å². The number of carboxylic acids is 1. The van der Waals surface area contributed by atoms with Crippen LogP contribution in [0.4, 0.5) is 13.6 Å². The number of alkyl halides is 2. The first-order valence-electron chi connectivity index (χ1n) is 19.6. The predicted octanol–water partition coefficient (Wildman–Crippen LogP) is 8.57. The van der Waals surface area contributed by atoms with E-state index in [1.165, 1.54) is 4.90 Å². The van der Waals surface area contributed by atoms with Gasteiger partial charge in [0.2, 0.25) is 0 Å². The monoisotopic (exact) mass is 716 g/mol. The number of hydrogen-bond donors (Lipinski definition) is 2. The topological polar surface area (TPSA) is 113 Å². The molecule has 1 aliphatic heterocycles. The van der Waals surface area contributed by atoms with Crippen LogP contribution in [-0.4, -0.2) is 64.4 Å². The summed E-state index contributed by atoms with van der Waals surface area (Å²) in [6, 6.07) is -0.330. The predicted molar refractivity (Wildman–Crippen MR) is 190 cm³/mol. The number of carboxylic acid groups (broad SMARTS) is 1. The van der Waals surface area contributed by atoms with E-state index in [0.717, 1.165) is 56.1 Å². The maximum atomic E-state index is 14.0. The molecular formula is C41H62F2N2O6. The van der Waals surface area contributed by atoms with E-state index in [1.807, 2.05) is 0 Å². The van der Waals surface area contributed by atoms with Crippen molar-refractivity contribution in [2.24, 2.45) is 50.7 Å². The van der Waals surface area contributed by atoms with Crippen molar-refractivity contribution in [1.82, 2.24) is 10.2 Å². The second-order valence-electron chi connectivity index (χ2n) is 19.8. The van der Waals surface area contributed by atoms with Crippen molar-refractivity contribution in [2.45, 2.75) is 157 Å². The third-order valence-corrected chi connectivity index (χ3v) is 15.9. The van der Waals surface area contributed by atoms with Gasteiger partial charge in [0.25, 0.3) is 5.92 Å². The molecule has 5 fully saturated rings. The lowest BCUT2D eigenvalue weighted by Gasteiger charge is -2.72. The first kappa shape index (κ1) is 38.2. The van der Waals surface area contributed by atoms with Crippen molar-refractivity contribution in [2.75, 3.05) is 13.1 Å². The molecule has 51 heavy (non-hydrogen) atoms. The highest BCUT2D eigenvalue weighted by Gasteiger charge is 2.70. The summed E-state index contributed by atoms with van der Waals surface area (Å²) >= 11 is 0. The average molecular weight is 717 g/mol. The molecule has 286 valence electrons. The number of fused-ring (bicyclic) bond motifs is 7. The molecule has 8 nitrogen and oxygen atoms in total. The molecule has 1 heterocycles. The van der Waals surface area contributed by atoms with E-state index < -0.39 is 28.8 Å². The molecule has 2 amide bonds. The number of Topliss-reactive ketones (excluding diaryl/α,β-unsaturated/α-hetero) is 1. The number of piperidine rings is 1. The van der Waals surface area contributed by atoms with Crippen LogP contribution in [0, 0.1) is 50.7 Å². The van der Waals surface area contributed by atoms with Gasteiger partial charge < -0.3 is 20.1 Å². The first-order chi connectivity index (χ1) is 23.4. The number of ether oxygens (including phenoxy) is 1. The van der Waals surface area contributed by atoms with Gasteiger partial charge in [-0.2, -0.15) is 0 Å². The Kier molecular flexibility index (Phi) is 9.18. The van der Waals surface area contributed by atoms with Crippen molar-refractivity contribution in [1.29, 1.82) is 0 Å². The minimum atomic E-state index is -2.75. The summed E-state index contributed by atoms with van der Waals surface area (Å²) in [7, 11) is 0. The molecule has 2 N–H and O–H groups in total. The molecule has 5 aliphatic carbocycles. The van der Waals surface area contributed by atoms with E-state index in [9.17, 15) is 33.1 Å². The smallest absolute Gasteiger partial charge is 0.318 e. The van der Waals surface area contributed by atoms with E-state index in [2.05, 4.69) is 53.8 Å². The maximum Gasteiger partial charge on any atom is 0.318 e. The zero-order valence-electron chi connectivity index (χ0n) is 32.5. The molecule has 0 bridgehead atoms.